The Morgan fingerprint density at radius 2 is 1.78 bits per heavy atom. The Kier molecular flexibility index (Phi) is 3.72. The maximum absolute atomic E-state index is 10.3. The van der Waals surface area contributed by atoms with E-state index in [1.807, 2.05) is 45.9 Å². The first-order valence-electron chi connectivity index (χ1n) is 7.74. The molecule has 3 rings (SSSR count). The van der Waals surface area contributed by atoms with Gasteiger partial charge in [0, 0.05) is 18.1 Å². The number of fused-ring (bicyclic) bond motifs is 1. The number of ether oxygens (including phenoxy) is 2. The number of rotatable bonds is 2. The molecule has 2 N–H and O–H groups in total. The van der Waals surface area contributed by atoms with E-state index in [-0.39, 0.29) is 5.75 Å². The number of benzene rings is 2. The van der Waals surface area contributed by atoms with Crippen molar-refractivity contribution in [2.75, 3.05) is 0 Å². The van der Waals surface area contributed by atoms with Crippen LogP contribution in [-0.4, -0.2) is 21.9 Å². The summed E-state index contributed by atoms with van der Waals surface area (Å²) in [7, 11) is 0. The zero-order valence-corrected chi connectivity index (χ0v) is 13.9. The fourth-order valence-electron chi connectivity index (χ4n) is 2.84. The zero-order chi connectivity index (χ0) is 16.8. The molecule has 0 aromatic heterocycles. The van der Waals surface area contributed by atoms with Gasteiger partial charge in [0.25, 0.3) is 0 Å². The molecule has 0 saturated carbocycles. The van der Waals surface area contributed by atoms with Gasteiger partial charge in [-0.05, 0) is 63.1 Å². The molecule has 23 heavy (non-hydrogen) atoms. The van der Waals surface area contributed by atoms with Gasteiger partial charge in [-0.3, -0.25) is 0 Å². The first-order valence-corrected chi connectivity index (χ1v) is 7.74. The van der Waals surface area contributed by atoms with Gasteiger partial charge in [-0.1, -0.05) is 0 Å². The first kappa shape index (κ1) is 15.7. The minimum absolute atomic E-state index is 0.166. The molecule has 0 aliphatic carbocycles. The molecule has 122 valence electrons. The average molecular weight is 314 g/mol. The number of aliphatic hydroxyl groups is 1. The number of phenolic OH excluding ortho intramolecular Hbond substituents is 1. The second-order valence-corrected chi connectivity index (χ2v) is 6.77. The second kappa shape index (κ2) is 5.46. The Morgan fingerprint density at radius 1 is 1.09 bits per heavy atom. The van der Waals surface area contributed by atoms with Crippen molar-refractivity contribution >= 4 is 0 Å². The Hall–Kier alpha value is -2.20. The third-order valence-corrected chi connectivity index (χ3v) is 4.15. The molecule has 1 aliphatic rings. The monoisotopic (exact) mass is 314 g/mol. The van der Waals surface area contributed by atoms with Crippen LogP contribution in [0.25, 0.3) is 0 Å². The molecule has 0 spiro atoms. The highest BCUT2D eigenvalue weighted by molar-refractivity contribution is 5.52. The van der Waals surface area contributed by atoms with Crippen molar-refractivity contribution in [3.63, 3.8) is 0 Å². The molecule has 1 aliphatic heterocycles. The molecule has 0 unspecified atom stereocenters. The molecule has 0 amide bonds. The molecular weight excluding hydrogens is 292 g/mol. The molecule has 2 aromatic carbocycles. The van der Waals surface area contributed by atoms with Gasteiger partial charge in [-0.2, -0.15) is 0 Å². The van der Waals surface area contributed by atoms with Gasteiger partial charge in [0.2, 0.25) is 0 Å². The van der Waals surface area contributed by atoms with Crippen LogP contribution in [0, 0.1) is 13.8 Å². The summed E-state index contributed by atoms with van der Waals surface area (Å²) < 4.78 is 11.9. The van der Waals surface area contributed by atoms with Crippen LogP contribution in [-0.2, 0) is 6.42 Å². The second-order valence-electron chi connectivity index (χ2n) is 6.77. The van der Waals surface area contributed by atoms with Crippen LogP contribution in [0.1, 0.15) is 30.5 Å². The van der Waals surface area contributed by atoms with E-state index in [9.17, 15) is 10.2 Å². The van der Waals surface area contributed by atoms with Crippen molar-refractivity contribution in [1.82, 2.24) is 0 Å². The Labute approximate surface area is 136 Å². The van der Waals surface area contributed by atoms with Crippen LogP contribution >= 0.6 is 0 Å². The van der Waals surface area contributed by atoms with Crippen molar-refractivity contribution in [2.24, 2.45) is 0 Å². The van der Waals surface area contributed by atoms with Crippen molar-refractivity contribution < 1.29 is 19.7 Å². The summed E-state index contributed by atoms with van der Waals surface area (Å²) in [6, 6.07) is 8.99. The summed E-state index contributed by atoms with van der Waals surface area (Å²) in [5.41, 5.74) is 2.16. The first-order chi connectivity index (χ1) is 10.7. The van der Waals surface area contributed by atoms with E-state index >= 15 is 0 Å². The highest BCUT2D eigenvalue weighted by Gasteiger charge is 2.37. The Balaban J connectivity index is 2.02. The topological polar surface area (TPSA) is 58.9 Å². The molecule has 0 fully saturated rings. The molecule has 1 atom stereocenters. The highest BCUT2D eigenvalue weighted by Crippen LogP contribution is 2.41. The van der Waals surface area contributed by atoms with Crippen LogP contribution in [0.15, 0.2) is 30.3 Å². The average Bonchev–Trinajstić information content (AvgIpc) is 2.39. The summed E-state index contributed by atoms with van der Waals surface area (Å²) in [5, 5.41) is 20.0. The summed E-state index contributed by atoms with van der Waals surface area (Å²) in [6.45, 7) is 7.63. The molecular formula is C19H22O4. The normalized spacial score (nSPS) is 18.9. The lowest BCUT2D eigenvalue weighted by Crippen LogP contribution is -2.46. The van der Waals surface area contributed by atoms with Crippen molar-refractivity contribution in [2.45, 2.75) is 45.8 Å². The van der Waals surface area contributed by atoms with Crippen LogP contribution in [0.5, 0.6) is 23.0 Å². The van der Waals surface area contributed by atoms with Crippen molar-refractivity contribution in [3.05, 3.63) is 47.0 Å². The van der Waals surface area contributed by atoms with Crippen molar-refractivity contribution in [1.29, 1.82) is 0 Å². The molecule has 1 heterocycles. The maximum atomic E-state index is 10.3. The quantitative estimate of drug-likeness (QED) is 0.883. The van der Waals surface area contributed by atoms with E-state index in [1.54, 1.807) is 12.1 Å². The molecule has 4 heteroatoms. The minimum Gasteiger partial charge on any atom is -0.508 e. The largest absolute Gasteiger partial charge is 0.508 e. The standard InChI is InChI=1S/C19H22O4/c1-11-5-13(20)9-14(6-11)22-16-7-12(2)8-17-15(16)10-18(21)19(3,4)23-17/h5-9,18,20-21H,10H2,1-4H3/t18-/m0/s1. The fourth-order valence-corrected chi connectivity index (χ4v) is 2.84. The maximum Gasteiger partial charge on any atom is 0.134 e. The SMILES string of the molecule is Cc1cc(O)cc(Oc2cc(C)cc3c2C[C@H](O)C(C)(C)O3)c1. The van der Waals surface area contributed by atoms with Gasteiger partial charge in [-0.15, -0.1) is 0 Å². The van der Waals surface area contributed by atoms with Crippen LogP contribution < -0.4 is 9.47 Å². The Morgan fingerprint density at radius 3 is 2.48 bits per heavy atom. The predicted molar refractivity (Wildman–Crippen MR) is 88.5 cm³/mol. The third-order valence-electron chi connectivity index (χ3n) is 4.15. The lowest BCUT2D eigenvalue weighted by molar-refractivity contribution is -0.0416. The van der Waals surface area contributed by atoms with Gasteiger partial charge >= 0.3 is 0 Å². The number of phenols is 1. The predicted octanol–water partition coefficient (Wildman–Crippen LogP) is 3.88. The summed E-state index contributed by atoms with van der Waals surface area (Å²) in [6.07, 6.45) is -0.138. The molecule has 4 nitrogen and oxygen atoms in total. The number of aliphatic hydroxyl groups excluding tert-OH is 1. The van der Waals surface area contributed by atoms with E-state index in [4.69, 9.17) is 9.47 Å². The van der Waals surface area contributed by atoms with E-state index in [1.165, 1.54) is 0 Å². The van der Waals surface area contributed by atoms with Gasteiger partial charge in [-0.25, -0.2) is 0 Å². The highest BCUT2D eigenvalue weighted by atomic mass is 16.5. The zero-order valence-electron chi connectivity index (χ0n) is 13.9. The molecule has 2 aromatic rings. The molecule has 0 radical (unpaired) electrons. The number of aryl methyl sites for hydroxylation is 2. The fraction of sp³-hybridized carbons (Fsp3) is 0.368. The lowest BCUT2D eigenvalue weighted by Gasteiger charge is -2.37. The third kappa shape index (κ3) is 3.13. The number of hydrogen-bond acceptors (Lipinski definition) is 4. The minimum atomic E-state index is -0.625. The van der Waals surface area contributed by atoms with Crippen molar-refractivity contribution in [3.8, 4) is 23.0 Å². The number of aromatic hydroxyl groups is 1. The molecule has 0 bridgehead atoms. The van der Waals surface area contributed by atoms with E-state index in [0.29, 0.717) is 17.9 Å². The summed E-state index contributed by atoms with van der Waals surface area (Å²) in [5.74, 6) is 2.13. The van der Waals surface area contributed by atoms with Gasteiger partial charge < -0.3 is 19.7 Å². The molecule has 0 saturated heterocycles. The van der Waals surface area contributed by atoms with E-state index < -0.39 is 11.7 Å². The van der Waals surface area contributed by atoms with Gasteiger partial charge in [0.1, 0.15) is 28.6 Å². The smallest absolute Gasteiger partial charge is 0.134 e. The summed E-state index contributed by atoms with van der Waals surface area (Å²) >= 11 is 0. The van der Waals surface area contributed by atoms with E-state index in [0.717, 1.165) is 22.4 Å². The van der Waals surface area contributed by atoms with Crippen LogP contribution in [0.3, 0.4) is 0 Å². The van der Waals surface area contributed by atoms with E-state index in [2.05, 4.69) is 0 Å². The van der Waals surface area contributed by atoms with Gasteiger partial charge in [0.05, 0.1) is 6.10 Å². The van der Waals surface area contributed by atoms with Crippen LogP contribution in [0.4, 0.5) is 0 Å². The Bertz CT molecular complexity index is 729. The lowest BCUT2D eigenvalue weighted by atomic mass is 9.90. The summed E-state index contributed by atoms with van der Waals surface area (Å²) in [4.78, 5) is 0. The number of hydrogen-bond donors (Lipinski definition) is 2. The van der Waals surface area contributed by atoms with Gasteiger partial charge in [0.15, 0.2) is 0 Å². The van der Waals surface area contributed by atoms with Crippen LogP contribution in [0.2, 0.25) is 0 Å².